The highest BCUT2D eigenvalue weighted by Crippen LogP contribution is 2.25. The maximum Gasteiger partial charge on any atom is 0.275 e. The third kappa shape index (κ3) is 6.24. The molecular weight excluding hydrogens is 394 g/mol. The van der Waals surface area contributed by atoms with Gasteiger partial charge in [-0.1, -0.05) is 18.2 Å². The summed E-state index contributed by atoms with van der Waals surface area (Å²) in [6.07, 6.45) is 2.04. The molecule has 2 heterocycles. The summed E-state index contributed by atoms with van der Waals surface area (Å²) in [4.78, 5) is 16.6. The van der Waals surface area contributed by atoms with Crippen LogP contribution >= 0.6 is 11.8 Å². The summed E-state index contributed by atoms with van der Waals surface area (Å²) < 4.78 is 5.61. The van der Waals surface area contributed by atoms with Gasteiger partial charge in [0.1, 0.15) is 38.5 Å². The van der Waals surface area contributed by atoms with Gasteiger partial charge in [0, 0.05) is 23.4 Å². The van der Waals surface area contributed by atoms with Gasteiger partial charge in [-0.05, 0) is 48.1 Å². The van der Waals surface area contributed by atoms with E-state index in [-0.39, 0.29) is 5.91 Å². The first-order valence-corrected chi connectivity index (χ1v) is 12.1. The summed E-state index contributed by atoms with van der Waals surface area (Å²) >= 11 is 1.85. The summed E-state index contributed by atoms with van der Waals surface area (Å²) in [5.41, 5.74) is 2.76. The molecule has 0 bridgehead atoms. The van der Waals surface area contributed by atoms with Crippen molar-refractivity contribution in [2.45, 2.75) is 24.3 Å². The molecule has 160 valence electrons. The van der Waals surface area contributed by atoms with Crippen LogP contribution < -0.4 is 19.9 Å². The average Bonchev–Trinajstić information content (AvgIpc) is 3.23. The number of rotatable bonds is 9. The Morgan fingerprint density at radius 1 is 1.03 bits per heavy atom. The van der Waals surface area contributed by atoms with Gasteiger partial charge >= 0.3 is 0 Å². The van der Waals surface area contributed by atoms with E-state index in [0.717, 1.165) is 70.2 Å². The molecule has 1 saturated heterocycles. The third-order valence-electron chi connectivity index (χ3n) is 5.94. The van der Waals surface area contributed by atoms with Crippen LogP contribution in [0.2, 0.25) is 0 Å². The number of thioether (sulfide) groups is 1. The second kappa shape index (κ2) is 10.8. The van der Waals surface area contributed by atoms with Crippen LogP contribution in [0.1, 0.15) is 17.5 Å². The highest BCUT2D eigenvalue weighted by molar-refractivity contribution is 7.99. The van der Waals surface area contributed by atoms with E-state index >= 15 is 0 Å². The van der Waals surface area contributed by atoms with Crippen LogP contribution in [0, 0.1) is 0 Å². The molecule has 1 amide bonds. The number of piperazine rings is 1. The van der Waals surface area contributed by atoms with E-state index in [4.69, 9.17) is 4.74 Å². The summed E-state index contributed by atoms with van der Waals surface area (Å²) in [6.45, 7) is 7.67. The van der Waals surface area contributed by atoms with Gasteiger partial charge in [-0.2, -0.15) is 0 Å². The molecule has 3 N–H and O–H groups in total. The standard InChI is InChI=1S/C24H31N3O2S/c28-24(25-10-4-16-30-22-5-2-1-3-6-22)19-27-13-11-26(12-14-27)18-20-7-8-23-21(17-20)9-15-29-23/h1-3,5-8,17H,4,9-16,18-19H2,(H,25,28)/p+2. The van der Waals surface area contributed by atoms with Crippen molar-refractivity contribution in [3.05, 3.63) is 59.7 Å². The van der Waals surface area contributed by atoms with Crippen molar-refractivity contribution in [3.63, 3.8) is 0 Å². The molecule has 0 aliphatic carbocycles. The Morgan fingerprint density at radius 2 is 1.83 bits per heavy atom. The molecule has 5 nitrogen and oxygen atoms in total. The van der Waals surface area contributed by atoms with Crippen LogP contribution in [0.15, 0.2) is 53.4 Å². The zero-order chi connectivity index (χ0) is 20.6. The predicted octanol–water partition coefficient (Wildman–Crippen LogP) is 0.204. The molecule has 4 rings (SSSR count). The number of carbonyl (C=O) groups is 1. The van der Waals surface area contributed by atoms with E-state index in [9.17, 15) is 4.79 Å². The summed E-state index contributed by atoms with van der Waals surface area (Å²) in [7, 11) is 0. The van der Waals surface area contributed by atoms with E-state index in [2.05, 4.69) is 47.8 Å². The molecule has 0 spiro atoms. The molecule has 30 heavy (non-hydrogen) atoms. The van der Waals surface area contributed by atoms with E-state index in [1.54, 1.807) is 4.90 Å². The molecule has 2 aliphatic heterocycles. The summed E-state index contributed by atoms with van der Waals surface area (Å²) in [5.74, 6) is 2.29. The number of hydrogen-bond donors (Lipinski definition) is 3. The number of hydrogen-bond acceptors (Lipinski definition) is 3. The molecule has 2 aromatic rings. The molecule has 0 saturated carbocycles. The zero-order valence-electron chi connectivity index (χ0n) is 17.6. The first-order valence-electron chi connectivity index (χ1n) is 11.1. The van der Waals surface area contributed by atoms with E-state index < -0.39 is 0 Å². The van der Waals surface area contributed by atoms with Gasteiger partial charge in [0.15, 0.2) is 6.54 Å². The largest absolute Gasteiger partial charge is 0.493 e. The summed E-state index contributed by atoms with van der Waals surface area (Å²) in [5, 5.41) is 3.10. The van der Waals surface area contributed by atoms with Crippen LogP contribution in [-0.2, 0) is 17.8 Å². The lowest BCUT2D eigenvalue weighted by Crippen LogP contribution is -3.28. The second-order valence-corrected chi connectivity index (χ2v) is 9.43. The minimum Gasteiger partial charge on any atom is -0.493 e. The lowest BCUT2D eigenvalue weighted by molar-refractivity contribution is -1.02. The number of quaternary nitrogens is 2. The predicted molar refractivity (Wildman–Crippen MR) is 120 cm³/mol. The van der Waals surface area contributed by atoms with Crippen LogP contribution in [0.25, 0.3) is 0 Å². The van der Waals surface area contributed by atoms with Crippen molar-refractivity contribution in [2.24, 2.45) is 0 Å². The molecule has 0 radical (unpaired) electrons. The SMILES string of the molecule is O=C(C[NH+]1CC[NH+](Cc2ccc3c(c2)CCO3)CC1)NCCCSc1ccccc1. The molecular formula is C24H33N3O2S+2. The van der Waals surface area contributed by atoms with Crippen molar-refractivity contribution in [1.82, 2.24) is 5.32 Å². The third-order valence-corrected chi connectivity index (χ3v) is 7.04. The van der Waals surface area contributed by atoms with Crippen LogP contribution in [0.4, 0.5) is 0 Å². The fraction of sp³-hybridized carbons (Fsp3) is 0.458. The average molecular weight is 428 g/mol. The minimum atomic E-state index is 0.191. The molecule has 1 fully saturated rings. The molecule has 0 atom stereocenters. The van der Waals surface area contributed by atoms with E-state index in [1.165, 1.54) is 20.9 Å². The van der Waals surface area contributed by atoms with Crippen molar-refractivity contribution in [1.29, 1.82) is 0 Å². The normalized spacial score (nSPS) is 20.4. The fourth-order valence-electron chi connectivity index (χ4n) is 4.25. The maximum absolute atomic E-state index is 12.3. The van der Waals surface area contributed by atoms with Gasteiger partial charge < -0.3 is 19.9 Å². The Balaban J connectivity index is 1.09. The number of benzene rings is 2. The van der Waals surface area contributed by atoms with Gasteiger partial charge in [-0.3, -0.25) is 4.79 Å². The number of amides is 1. The first-order chi connectivity index (χ1) is 14.8. The monoisotopic (exact) mass is 427 g/mol. The highest BCUT2D eigenvalue weighted by atomic mass is 32.2. The maximum atomic E-state index is 12.3. The highest BCUT2D eigenvalue weighted by Gasteiger charge is 2.25. The van der Waals surface area contributed by atoms with Crippen molar-refractivity contribution >= 4 is 17.7 Å². The quantitative estimate of drug-likeness (QED) is 0.396. The summed E-state index contributed by atoms with van der Waals surface area (Å²) in [6, 6.07) is 17.1. The van der Waals surface area contributed by atoms with Gasteiger partial charge in [0.25, 0.3) is 5.91 Å². The van der Waals surface area contributed by atoms with Crippen LogP contribution in [0.5, 0.6) is 5.75 Å². The van der Waals surface area contributed by atoms with Gasteiger partial charge in [0.05, 0.1) is 6.61 Å². The molecule has 0 aromatic heterocycles. The number of nitrogens with one attached hydrogen (secondary N) is 3. The van der Waals surface area contributed by atoms with Crippen molar-refractivity contribution in [3.8, 4) is 5.75 Å². The van der Waals surface area contributed by atoms with Crippen LogP contribution in [-0.4, -0.2) is 57.5 Å². The number of carbonyl (C=O) groups excluding carboxylic acids is 1. The number of fused-ring (bicyclic) bond motifs is 1. The topological polar surface area (TPSA) is 47.2 Å². The molecule has 6 heteroatoms. The molecule has 0 unspecified atom stereocenters. The Hall–Kier alpha value is -2.02. The Morgan fingerprint density at radius 3 is 2.67 bits per heavy atom. The Bertz CT molecular complexity index is 822. The number of ether oxygens (including phenoxy) is 1. The Kier molecular flexibility index (Phi) is 7.67. The van der Waals surface area contributed by atoms with Gasteiger partial charge in [0.2, 0.25) is 0 Å². The first kappa shape index (κ1) is 21.2. The smallest absolute Gasteiger partial charge is 0.275 e. The van der Waals surface area contributed by atoms with Crippen LogP contribution in [0.3, 0.4) is 0 Å². The second-order valence-electron chi connectivity index (χ2n) is 8.26. The van der Waals surface area contributed by atoms with Gasteiger partial charge in [-0.15, -0.1) is 11.8 Å². The fourth-order valence-corrected chi connectivity index (χ4v) is 5.12. The van der Waals surface area contributed by atoms with Gasteiger partial charge in [-0.25, -0.2) is 0 Å². The van der Waals surface area contributed by atoms with E-state index in [1.807, 2.05) is 17.8 Å². The molecule has 2 aromatic carbocycles. The Labute approximate surface area is 183 Å². The minimum absolute atomic E-state index is 0.191. The van der Waals surface area contributed by atoms with E-state index in [0.29, 0.717) is 6.54 Å². The zero-order valence-corrected chi connectivity index (χ0v) is 18.4. The van der Waals surface area contributed by atoms with Crippen molar-refractivity contribution < 1.29 is 19.3 Å². The van der Waals surface area contributed by atoms with Crippen molar-refractivity contribution in [2.75, 3.05) is 51.6 Å². The lowest BCUT2D eigenvalue weighted by Gasteiger charge is -2.29. The lowest BCUT2D eigenvalue weighted by atomic mass is 10.1. The molecule has 2 aliphatic rings.